The van der Waals surface area contributed by atoms with Gasteiger partial charge in [-0.25, -0.2) is 14.4 Å². The van der Waals surface area contributed by atoms with Crippen molar-refractivity contribution >= 4 is 54.8 Å². The average molecular weight is 304 g/mol. The van der Waals surface area contributed by atoms with Crippen molar-refractivity contribution in [3.63, 3.8) is 0 Å². The Balaban J connectivity index is 0. The molecule has 0 aliphatic rings. The molecule has 17 heavy (non-hydrogen) atoms. The Labute approximate surface area is 117 Å². The number of carbonyl (C=O) groups excluding carboxylic acids is 3. The van der Waals surface area contributed by atoms with Gasteiger partial charge in [0.05, 0.1) is 0 Å². The predicted molar refractivity (Wildman–Crippen MR) is 48.8 cm³/mol. The van der Waals surface area contributed by atoms with Gasteiger partial charge < -0.3 is 12.5 Å². The molecule has 0 aromatic heterocycles. The summed E-state index contributed by atoms with van der Waals surface area (Å²) in [7, 11) is 0. The molecule has 0 N–H and O–H groups in total. The molecule has 0 atom stereocenters. The smallest absolute Gasteiger partial charge is 0.399 e. The zero-order chi connectivity index (χ0) is 12.6. The molecule has 0 radical (unpaired) electrons. The van der Waals surface area contributed by atoms with Gasteiger partial charge in [0.25, 0.3) is 0 Å². The topological polar surface area (TPSA) is 78.9 Å². The van der Waals surface area contributed by atoms with Crippen molar-refractivity contribution < 1.29 is 59.0 Å². The summed E-state index contributed by atoms with van der Waals surface area (Å²) in [6, 6.07) is 0. The van der Waals surface area contributed by atoms with E-state index in [-0.39, 0.29) is 55.0 Å². The Hall–Kier alpha value is -0.153. The van der Waals surface area contributed by atoms with E-state index in [2.05, 4.69) is 12.5 Å². The van der Waals surface area contributed by atoms with E-state index in [0.29, 0.717) is 0 Å². The van der Waals surface area contributed by atoms with Crippen LogP contribution in [0.3, 0.4) is 0 Å². The third-order valence-electron chi connectivity index (χ3n) is 0.526. The van der Waals surface area contributed by atoms with Gasteiger partial charge in [-0.15, -0.1) is 13.2 Å². The van der Waals surface area contributed by atoms with E-state index < -0.39 is 22.6 Å². The maximum Gasteiger partial charge on any atom is 1.00 e. The van der Waals surface area contributed by atoms with E-state index in [9.17, 15) is 27.6 Å². The largest absolute Gasteiger partial charge is 1.00 e. The van der Waals surface area contributed by atoms with Gasteiger partial charge in [-0.1, -0.05) is 36.1 Å². The summed E-state index contributed by atoms with van der Waals surface area (Å²) in [6.07, 6.45) is -6.62. The first-order valence-electron chi connectivity index (χ1n) is 2.90. The molecule has 0 fully saturated rings. The van der Waals surface area contributed by atoms with E-state index in [1.165, 1.54) is 0 Å². The van der Waals surface area contributed by atoms with Gasteiger partial charge in [0.15, 0.2) is 0 Å². The second kappa shape index (κ2) is 11.0. The van der Waals surface area contributed by atoms with Crippen LogP contribution < -0.4 is 18.9 Å². The molecule has 0 bridgehead atoms. The fourth-order valence-corrected chi connectivity index (χ4v) is 1.59. The number of carbonyl (C=O) groups is 3. The van der Waals surface area contributed by atoms with Gasteiger partial charge in [-0.3, -0.25) is 0 Å². The summed E-state index contributed by atoms with van der Waals surface area (Å²) in [4.78, 5) is 29.2. The molecule has 92 valence electrons. The van der Waals surface area contributed by atoms with Crippen molar-refractivity contribution in [2.24, 2.45) is 0 Å². The van der Waals surface area contributed by atoms with Gasteiger partial charge in [0.1, 0.15) is 0 Å². The SMILES string of the molecule is O=C(F)OS[C-](SOC(=O)F)SOC(=O)F.[Li+]. The van der Waals surface area contributed by atoms with Gasteiger partial charge >= 0.3 is 37.5 Å². The number of halogens is 3. The maximum absolute atomic E-state index is 11.6. The Morgan fingerprint density at radius 2 is 1.00 bits per heavy atom. The van der Waals surface area contributed by atoms with Crippen LogP contribution in [-0.4, -0.2) is 18.7 Å². The van der Waals surface area contributed by atoms with Crippen LogP contribution in [0.25, 0.3) is 0 Å². The van der Waals surface area contributed by atoms with Crippen molar-refractivity contribution in [1.82, 2.24) is 0 Å². The Morgan fingerprint density at radius 3 is 1.18 bits per heavy atom. The molecular weight excluding hydrogens is 304 g/mol. The van der Waals surface area contributed by atoms with Crippen molar-refractivity contribution in [1.29, 1.82) is 0 Å². The van der Waals surface area contributed by atoms with E-state index in [4.69, 9.17) is 0 Å². The van der Waals surface area contributed by atoms with Crippen molar-refractivity contribution in [3.8, 4) is 0 Å². The summed E-state index contributed by atoms with van der Waals surface area (Å²) in [5.74, 6) is 0. The minimum absolute atomic E-state index is 0. The van der Waals surface area contributed by atoms with Gasteiger partial charge in [-0.05, 0) is 3.91 Å². The monoisotopic (exact) mass is 304 g/mol. The Kier molecular flexibility index (Phi) is 12.4. The normalized spacial score (nSPS) is 9.18. The van der Waals surface area contributed by atoms with Crippen LogP contribution in [0.4, 0.5) is 27.6 Å². The molecule has 13 heteroatoms. The molecule has 0 saturated carbocycles. The van der Waals surface area contributed by atoms with E-state index in [1.54, 1.807) is 0 Å². The first-order chi connectivity index (χ1) is 7.41. The molecule has 0 aliphatic carbocycles. The van der Waals surface area contributed by atoms with Crippen LogP contribution in [-0.2, 0) is 12.5 Å². The summed E-state index contributed by atoms with van der Waals surface area (Å²) in [5.41, 5.74) is 0. The van der Waals surface area contributed by atoms with Crippen molar-refractivity contribution in [2.75, 3.05) is 0 Å². The summed E-state index contributed by atoms with van der Waals surface area (Å²) < 4.78 is 45.3. The molecule has 6 nitrogen and oxygen atoms in total. The van der Waals surface area contributed by atoms with Crippen LogP contribution in [0.1, 0.15) is 0 Å². The van der Waals surface area contributed by atoms with Crippen molar-refractivity contribution in [2.45, 2.75) is 0 Å². The average Bonchev–Trinajstić information content (AvgIpc) is 2.15. The molecule has 0 rings (SSSR count). The van der Waals surface area contributed by atoms with Crippen molar-refractivity contribution in [3.05, 3.63) is 3.91 Å². The molecule has 0 aromatic rings. The van der Waals surface area contributed by atoms with Gasteiger partial charge in [-0.2, -0.15) is 0 Å². The first kappa shape index (κ1) is 19.2. The van der Waals surface area contributed by atoms with E-state index >= 15 is 0 Å². The molecule has 0 heterocycles. The zero-order valence-corrected chi connectivity index (χ0v) is 10.3. The second-order valence-corrected chi connectivity index (χ2v) is 4.46. The number of hydrogen-bond acceptors (Lipinski definition) is 9. The number of rotatable bonds is 6. The first-order valence-corrected chi connectivity index (χ1v) is 5.13. The fraction of sp³-hybridized carbons (Fsp3) is 0. The summed E-state index contributed by atoms with van der Waals surface area (Å²) in [6.45, 7) is 0. The van der Waals surface area contributed by atoms with E-state index in [0.717, 1.165) is 0 Å². The van der Waals surface area contributed by atoms with Crippen LogP contribution in [0.5, 0.6) is 0 Å². The maximum atomic E-state index is 11.6. The molecular formula is C4F3LiO6S3. The molecule has 0 spiro atoms. The third-order valence-corrected chi connectivity index (χ3v) is 2.80. The molecule has 0 aromatic carbocycles. The fourth-order valence-electron chi connectivity index (χ4n) is 0.242. The second-order valence-electron chi connectivity index (χ2n) is 1.46. The molecule has 0 unspecified atom stereocenters. The van der Waals surface area contributed by atoms with Gasteiger partial charge in [0.2, 0.25) is 0 Å². The minimum Gasteiger partial charge on any atom is -0.399 e. The van der Waals surface area contributed by atoms with Crippen LogP contribution >= 0.6 is 36.1 Å². The zero-order valence-electron chi connectivity index (χ0n) is 7.81. The number of hydrogen-bond donors (Lipinski definition) is 0. The summed E-state index contributed by atoms with van der Waals surface area (Å²) in [5, 5.41) is 0. The molecule has 0 amide bonds. The Bertz CT molecular complexity index is 238. The van der Waals surface area contributed by atoms with Crippen LogP contribution in [0.15, 0.2) is 0 Å². The van der Waals surface area contributed by atoms with Crippen LogP contribution in [0.2, 0.25) is 0 Å². The van der Waals surface area contributed by atoms with E-state index in [1.807, 2.05) is 0 Å². The van der Waals surface area contributed by atoms with Crippen LogP contribution in [0, 0.1) is 3.91 Å². The predicted octanol–water partition coefficient (Wildman–Crippen LogP) is 0.700. The molecule has 0 saturated heterocycles. The minimum atomic E-state index is -2.21. The van der Waals surface area contributed by atoms with Gasteiger partial charge in [0, 0.05) is 0 Å². The standard InChI is InChI=1S/C4F3O6S3.Li/c5-1(8)11-14-4(15-12-2(6)9)16-13-3(7)10;/q-1;+1. The quantitative estimate of drug-likeness (QED) is 0.305. The third kappa shape index (κ3) is 13.8. The molecule has 0 aliphatic heterocycles. The summed E-state index contributed by atoms with van der Waals surface area (Å²) >= 11 is -0.168. The Morgan fingerprint density at radius 1 is 0.765 bits per heavy atom.